The highest BCUT2D eigenvalue weighted by Crippen LogP contribution is 2.39. The van der Waals surface area contributed by atoms with Crippen LogP contribution < -0.4 is 5.32 Å². The molecule has 0 saturated carbocycles. The lowest BCUT2D eigenvalue weighted by molar-refractivity contribution is -0.111. The van der Waals surface area contributed by atoms with Gasteiger partial charge in [-0.25, -0.2) is 4.79 Å². The van der Waals surface area contributed by atoms with Crippen LogP contribution in [-0.4, -0.2) is 37.7 Å². The molecular formula is C27H32Cl2N2O4Si. The summed E-state index contributed by atoms with van der Waals surface area (Å²) in [6.45, 7) is 11.1. The summed E-state index contributed by atoms with van der Waals surface area (Å²) in [7, 11) is -1.32. The summed E-state index contributed by atoms with van der Waals surface area (Å²) in [6, 6.07) is 13.4. The van der Waals surface area contributed by atoms with Gasteiger partial charge in [-0.2, -0.15) is 0 Å². The average molecular weight is 548 g/mol. The van der Waals surface area contributed by atoms with E-state index in [1.54, 1.807) is 48.8 Å². The van der Waals surface area contributed by atoms with E-state index in [9.17, 15) is 9.59 Å². The second-order valence-corrected chi connectivity index (χ2v) is 16.0. The summed E-state index contributed by atoms with van der Waals surface area (Å²) in [4.78, 5) is 26.8. The summed E-state index contributed by atoms with van der Waals surface area (Å²) in [5.74, 6) is -0.949. The summed E-state index contributed by atoms with van der Waals surface area (Å²) < 4.78 is 13.1. The number of para-hydroxylation sites is 1. The first-order valence-electron chi connectivity index (χ1n) is 11.9. The zero-order valence-electron chi connectivity index (χ0n) is 21.3. The Morgan fingerprint density at radius 1 is 1.11 bits per heavy atom. The molecule has 3 aromatic rings. The van der Waals surface area contributed by atoms with E-state index in [-0.39, 0.29) is 30.5 Å². The van der Waals surface area contributed by atoms with Crippen LogP contribution in [0.2, 0.25) is 35.7 Å². The van der Waals surface area contributed by atoms with Crippen molar-refractivity contribution in [1.82, 2.24) is 4.57 Å². The van der Waals surface area contributed by atoms with Crippen LogP contribution in [0.3, 0.4) is 0 Å². The molecule has 0 bridgehead atoms. The maximum absolute atomic E-state index is 13.4. The molecule has 1 N–H and O–H groups in total. The summed E-state index contributed by atoms with van der Waals surface area (Å²) in [5.41, 5.74) is 2.09. The SMILES string of the molecule is CC=C(C(=O)Nc1ccccc1)c1c(C(=O)OCC)n(COCC[Si](C)(C)C)c2cc(Cl)cc(Cl)c12. The van der Waals surface area contributed by atoms with Crippen LogP contribution in [0.5, 0.6) is 0 Å². The molecule has 0 saturated heterocycles. The van der Waals surface area contributed by atoms with Gasteiger partial charge in [0.25, 0.3) is 5.91 Å². The van der Waals surface area contributed by atoms with Gasteiger partial charge < -0.3 is 19.4 Å². The number of nitrogens with zero attached hydrogens (tertiary/aromatic N) is 1. The second kappa shape index (κ2) is 12.1. The van der Waals surface area contributed by atoms with Crippen LogP contribution in [0.1, 0.15) is 29.9 Å². The van der Waals surface area contributed by atoms with Crippen molar-refractivity contribution >= 4 is 65.3 Å². The molecule has 0 unspecified atom stereocenters. The maximum atomic E-state index is 13.4. The fourth-order valence-electron chi connectivity index (χ4n) is 3.85. The van der Waals surface area contributed by atoms with Gasteiger partial charge in [-0.1, -0.05) is 67.1 Å². The minimum absolute atomic E-state index is 0.0864. The van der Waals surface area contributed by atoms with Crippen molar-refractivity contribution in [3.63, 3.8) is 0 Å². The van der Waals surface area contributed by atoms with E-state index in [1.165, 1.54) is 0 Å². The van der Waals surface area contributed by atoms with Crippen LogP contribution in [0.25, 0.3) is 16.5 Å². The molecule has 0 aliphatic heterocycles. The predicted molar refractivity (Wildman–Crippen MR) is 151 cm³/mol. The molecule has 2 aromatic carbocycles. The van der Waals surface area contributed by atoms with Crippen LogP contribution >= 0.6 is 23.2 Å². The topological polar surface area (TPSA) is 69.6 Å². The number of nitrogens with one attached hydrogen (secondary N) is 1. The molecule has 1 heterocycles. The van der Waals surface area contributed by atoms with Crippen molar-refractivity contribution in [2.45, 2.75) is 46.3 Å². The lowest BCUT2D eigenvalue weighted by atomic mass is 10.0. The number of halogens is 2. The molecule has 0 aliphatic rings. The third-order valence-corrected chi connectivity index (χ3v) is 7.82. The molecule has 1 aromatic heterocycles. The molecule has 36 heavy (non-hydrogen) atoms. The summed E-state index contributed by atoms with van der Waals surface area (Å²) in [6.07, 6.45) is 1.66. The number of aromatic nitrogens is 1. The lowest BCUT2D eigenvalue weighted by Gasteiger charge is -2.17. The highest BCUT2D eigenvalue weighted by atomic mass is 35.5. The maximum Gasteiger partial charge on any atom is 0.355 e. The molecule has 0 aliphatic carbocycles. The van der Waals surface area contributed by atoms with Gasteiger partial charge in [0.05, 0.1) is 17.1 Å². The van der Waals surface area contributed by atoms with E-state index in [1.807, 2.05) is 18.2 Å². The van der Waals surface area contributed by atoms with E-state index in [4.69, 9.17) is 32.7 Å². The van der Waals surface area contributed by atoms with Gasteiger partial charge in [-0.05, 0) is 44.2 Å². The first-order valence-corrected chi connectivity index (χ1v) is 16.3. The van der Waals surface area contributed by atoms with Crippen LogP contribution in [0.15, 0.2) is 48.5 Å². The number of amides is 1. The number of carbonyl (C=O) groups is 2. The number of anilines is 1. The first kappa shape index (κ1) is 28.0. The minimum atomic E-state index is -1.32. The zero-order valence-corrected chi connectivity index (χ0v) is 23.8. The Morgan fingerprint density at radius 3 is 2.42 bits per heavy atom. The molecule has 6 nitrogen and oxygen atoms in total. The van der Waals surface area contributed by atoms with Crippen molar-refractivity contribution in [2.24, 2.45) is 0 Å². The van der Waals surface area contributed by atoms with Gasteiger partial charge in [-0.3, -0.25) is 4.79 Å². The highest BCUT2D eigenvalue weighted by Gasteiger charge is 2.30. The van der Waals surface area contributed by atoms with Crippen molar-refractivity contribution in [3.8, 4) is 0 Å². The van der Waals surface area contributed by atoms with Crippen molar-refractivity contribution in [3.05, 3.63) is 69.8 Å². The van der Waals surface area contributed by atoms with Gasteiger partial charge in [0.1, 0.15) is 12.4 Å². The Bertz CT molecular complexity index is 1280. The Hall–Kier alpha value is -2.58. The highest BCUT2D eigenvalue weighted by molar-refractivity contribution is 6.76. The first-order chi connectivity index (χ1) is 17.1. The third kappa shape index (κ3) is 6.59. The van der Waals surface area contributed by atoms with Crippen molar-refractivity contribution in [2.75, 3.05) is 18.5 Å². The molecular weight excluding hydrogens is 515 g/mol. The van der Waals surface area contributed by atoms with E-state index in [0.29, 0.717) is 38.8 Å². The molecule has 0 atom stereocenters. The predicted octanol–water partition coefficient (Wildman–Crippen LogP) is 7.48. The van der Waals surface area contributed by atoms with Crippen LogP contribution in [0.4, 0.5) is 5.69 Å². The van der Waals surface area contributed by atoms with E-state index in [0.717, 1.165) is 6.04 Å². The Morgan fingerprint density at radius 2 is 1.81 bits per heavy atom. The Kier molecular flexibility index (Phi) is 9.41. The van der Waals surface area contributed by atoms with Gasteiger partial charge in [-0.15, -0.1) is 0 Å². The van der Waals surface area contributed by atoms with Crippen molar-refractivity contribution in [1.29, 1.82) is 0 Å². The normalized spacial score (nSPS) is 12.1. The van der Waals surface area contributed by atoms with E-state index >= 15 is 0 Å². The molecule has 1 amide bonds. The smallest absolute Gasteiger partial charge is 0.355 e. The van der Waals surface area contributed by atoms with Crippen LogP contribution in [0, 0.1) is 0 Å². The Balaban J connectivity index is 2.18. The largest absolute Gasteiger partial charge is 0.461 e. The molecule has 9 heteroatoms. The number of hydrogen-bond donors (Lipinski definition) is 1. The van der Waals surface area contributed by atoms with Crippen LogP contribution in [-0.2, 0) is 21.0 Å². The Labute approximate surface area is 223 Å². The number of allylic oxidation sites excluding steroid dienone is 1. The number of ether oxygens (including phenoxy) is 2. The quantitative estimate of drug-likeness (QED) is 0.124. The van der Waals surface area contributed by atoms with E-state index < -0.39 is 14.0 Å². The number of fused-ring (bicyclic) bond motifs is 1. The van der Waals surface area contributed by atoms with Gasteiger partial charge in [0, 0.05) is 41.9 Å². The lowest BCUT2D eigenvalue weighted by Crippen LogP contribution is -2.23. The van der Waals surface area contributed by atoms with E-state index in [2.05, 4.69) is 25.0 Å². The zero-order chi connectivity index (χ0) is 26.5. The van der Waals surface area contributed by atoms with Gasteiger partial charge >= 0.3 is 5.97 Å². The molecule has 192 valence electrons. The fourth-order valence-corrected chi connectivity index (χ4v) is 5.18. The standard InChI is InChI=1S/C27H32Cl2N2O4Si/c1-6-20(26(32)30-19-11-9-8-10-12-19)23-24-21(29)15-18(28)16-22(24)31(25(23)27(33)35-7-2)17-34-13-14-36(3,4)5/h6,8-12,15-16H,7,13-14,17H2,1-5H3,(H,30,32). The number of rotatable bonds is 10. The molecule has 0 radical (unpaired) electrons. The number of benzene rings is 2. The fraction of sp³-hybridized carbons (Fsp3) is 0.333. The van der Waals surface area contributed by atoms with Crippen molar-refractivity contribution < 1.29 is 19.1 Å². The number of carbonyl (C=O) groups excluding carboxylic acids is 2. The average Bonchev–Trinajstić information content (AvgIpc) is 3.11. The molecule has 3 rings (SSSR count). The molecule has 0 fully saturated rings. The third-order valence-electron chi connectivity index (χ3n) is 5.60. The number of hydrogen-bond acceptors (Lipinski definition) is 4. The summed E-state index contributed by atoms with van der Waals surface area (Å²) in [5, 5.41) is 4.17. The monoisotopic (exact) mass is 546 g/mol. The second-order valence-electron chi connectivity index (χ2n) is 9.52. The summed E-state index contributed by atoms with van der Waals surface area (Å²) >= 11 is 13.0. The van der Waals surface area contributed by atoms with Gasteiger partial charge in [0.15, 0.2) is 0 Å². The number of esters is 1. The molecule has 0 spiro atoms. The van der Waals surface area contributed by atoms with Gasteiger partial charge in [0.2, 0.25) is 0 Å². The minimum Gasteiger partial charge on any atom is -0.461 e.